The van der Waals surface area contributed by atoms with Gasteiger partial charge in [0.05, 0.1) is 6.54 Å². The Kier molecular flexibility index (Phi) is 4.82. The first-order chi connectivity index (χ1) is 9.83. The number of nitrogens with zero attached hydrogens (tertiary/aromatic N) is 4. The molecule has 7 nitrogen and oxygen atoms in total. The van der Waals surface area contributed by atoms with Gasteiger partial charge in [0.1, 0.15) is 0 Å². The van der Waals surface area contributed by atoms with Crippen molar-refractivity contribution in [3.8, 4) is 0 Å². The maximum atomic E-state index is 12.1. The fourth-order valence-electron chi connectivity index (χ4n) is 2.15. The van der Waals surface area contributed by atoms with Crippen molar-refractivity contribution in [3.05, 3.63) is 11.8 Å². The lowest BCUT2D eigenvalue weighted by Crippen LogP contribution is -2.52. The molecule has 0 unspecified atom stereocenters. The lowest BCUT2D eigenvalue weighted by molar-refractivity contribution is 0.127. The van der Waals surface area contributed by atoms with Crippen LogP contribution in [-0.4, -0.2) is 58.8 Å². The molecule has 1 fully saturated rings. The summed E-state index contributed by atoms with van der Waals surface area (Å²) in [6, 6.07) is 0.0261. The smallest absolute Gasteiger partial charge is 0.317 e. The minimum absolute atomic E-state index is 0.0261. The maximum absolute atomic E-state index is 12.1. The van der Waals surface area contributed by atoms with Crippen LogP contribution in [0.25, 0.3) is 0 Å². The molecule has 1 aliphatic heterocycles. The molecule has 0 bridgehead atoms. The Labute approximate surface area is 125 Å². The van der Waals surface area contributed by atoms with Gasteiger partial charge in [-0.2, -0.15) is 0 Å². The highest BCUT2D eigenvalue weighted by molar-refractivity contribution is 5.74. The van der Waals surface area contributed by atoms with E-state index < -0.39 is 0 Å². The summed E-state index contributed by atoms with van der Waals surface area (Å²) in [4.78, 5) is 16.2. The van der Waals surface area contributed by atoms with Gasteiger partial charge in [0.15, 0.2) is 0 Å². The van der Waals surface area contributed by atoms with Crippen molar-refractivity contribution >= 4 is 6.03 Å². The normalized spacial score (nSPS) is 17.0. The Morgan fingerprint density at radius 3 is 2.43 bits per heavy atom. The third-order valence-electron chi connectivity index (χ3n) is 3.36. The maximum Gasteiger partial charge on any atom is 0.317 e. The molecule has 1 aliphatic rings. The van der Waals surface area contributed by atoms with Gasteiger partial charge in [-0.3, -0.25) is 4.90 Å². The minimum Gasteiger partial charge on any atom is -0.424 e. The molecule has 0 spiro atoms. The van der Waals surface area contributed by atoms with Crippen LogP contribution >= 0.6 is 0 Å². The van der Waals surface area contributed by atoms with Crippen LogP contribution < -0.4 is 5.32 Å². The summed E-state index contributed by atoms with van der Waals surface area (Å²) in [5.41, 5.74) is 0.104. The molecule has 0 radical (unpaired) electrons. The number of urea groups is 1. The first-order valence-corrected chi connectivity index (χ1v) is 7.37. The first kappa shape index (κ1) is 15.8. The molecule has 1 saturated heterocycles. The number of carbonyl (C=O) groups excluding carboxylic acids is 1. The van der Waals surface area contributed by atoms with Gasteiger partial charge < -0.3 is 14.6 Å². The molecule has 0 aliphatic carbocycles. The molecule has 2 amide bonds. The number of aryl methyl sites for hydroxylation is 1. The standard InChI is InChI=1S/C14H25N5O2/c1-11-16-17-12(21-11)9-18-5-7-19(8-6-18)13(20)15-10-14(2,3)4/h5-10H2,1-4H3,(H,15,20). The van der Waals surface area contributed by atoms with Gasteiger partial charge in [-0.05, 0) is 5.41 Å². The van der Waals surface area contributed by atoms with Gasteiger partial charge >= 0.3 is 6.03 Å². The Hall–Kier alpha value is -1.63. The molecule has 1 aromatic rings. The number of nitrogens with one attached hydrogen (secondary N) is 1. The zero-order valence-corrected chi connectivity index (χ0v) is 13.3. The molecule has 118 valence electrons. The lowest BCUT2D eigenvalue weighted by atomic mass is 9.97. The quantitative estimate of drug-likeness (QED) is 0.908. The molecule has 21 heavy (non-hydrogen) atoms. The Morgan fingerprint density at radius 2 is 1.90 bits per heavy atom. The molecule has 0 atom stereocenters. The largest absolute Gasteiger partial charge is 0.424 e. The van der Waals surface area contributed by atoms with Crippen molar-refractivity contribution in [2.75, 3.05) is 32.7 Å². The lowest BCUT2D eigenvalue weighted by Gasteiger charge is -2.34. The third kappa shape index (κ3) is 5.00. The molecule has 1 aromatic heterocycles. The number of carbonyl (C=O) groups is 1. The molecule has 7 heteroatoms. The molecule has 2 rings (SSSR count). The molecule has 0 saturated carbocycles. The second-order valence-electron chi connectivity index (χ2n) is 6.70. The SMILES string of the molecule is Cc1nnc(CN2CCN(C(=O)NCC(C)(C)C)CC2)o1. The van der Waals surface area contributed by atoms with E-state index >= 15 is 0 Å². The van der Waals surface area contributed by atoms with Crippen LogP contribution in [0.2, 0.25) is 0 Å². The molecular weight excluding hydrogens is 270 g/mol. The fraction of sp³-hybridized carbons (Fsp3) is 0.786. The second-order valence-corrected chi connectivity index (χ2v) is 6.70. The summed E-state index contributed by atoms with van der Waals surface area (Å²) in [6.45, 7) is 12.5. The zero-order chi connectivity index (χ0) is 15.5. The Bertz CT molecular complexity index is 472. The van der Waals surface area contributed by atoms with Crippen LogP contribution in [0.4, 0.5) is 4.79 Å². The monoisotopic (exact) mass is 295 g/mol. The fourth-order valence-corrected chi connectivity index (χ4v) is 2.15. The molecular formula is C14H25N5O2. The van der Waals surface area contributed by atoms with Crippen molar-refractivity contribution in [1.29, 1.82) is 0 Å². The predicted molar refractivity (Wildman–Crippen MR) is 78.7 cm³/mol. The van der Waals surface area contributed by atoms with Gasteiger partial charge in [-0.25, -0.2) is 4.79 Å². The molecule has 0 aromatic carbocycles. The Morgan fingerprint density at radius 1 is 1.24 bits per heavy atom. The highest BCUT2D eigenvalue weighted by Gasteiger charge is 2.23. The summed E-state index contributed by atoms with van der Waals surface area (Å²) < 4.78 is 5.38. The topological polar surface area (TPSA) is 74.5 Å². The number of hydrogen-bond donors (Lipinski definition) is 1. The number of rotatable bonds is 3. The second kappa shape index (κ2) is 6.43. The number of aromatic nitrogens is 2. The van der Waals surface area contributed by atoms with E-state index in [1.54, 1.807) is 6.92 Å². The average molecular weight is 295 g/mol. The number of piperazine rings is 1. The molecule has 2 heterocycles. The van der Waals surface area contributed by atoms with Crippen LogP contribution in [0.15, 0.2) is 4.42 Å². The van der Waals surface area contributed by atoms with E-state index in [4.69, 9.17) is 4.42 Å². The first-order valence-electron chi connectivity index (χ1n) is 7.37. The third-order valence-corrected chi connectivity index (χ3v) is 3.36. The van der Waals surface area contributed by atoms with Gasteiger partial charge in [0, 0.05) is 39.6 Å². The molecule has 1 N–H and O–H groups in total. The van der Waals surface area contributed by atoms with Crippen molar-refractivity contribution in [3.63, 3.8) is 0 Å². The number of hydrogen-bond acceptors (Lipinski definition) is 5. The highest BCUT2D eigenvalue weighted by Crippen LogP contribution is 2.11. The van der Waals surface area contributed by atoms with Crippen molar-refractivity contribution < 1.29 is 9.21 Å². The van der Waals surface area contributed by atoms with Crippen LogP contribution in [0, 0.1) is 12.3 Å². The summed E-state index contributed by atoms with van der Waals surface area (Å²) in [5.74, 6) is 1.23. The van der Waals surface area contributed by atoms with Gasteiger partial charge in [0.25, 0.3) is 0 Å². The van der Waals surface area contributed by atoms with E-state index in [2.05, 4.69) is 41.2 Å². The Balaban J connectivity index is 1.74. The van der Waals surface area contributed by atoms with E-state index in [-0.39, 0.29) is 11.4 Å². The zero-order valence-electron chi connectivity index (χ0n) is 13.3. The van der Waals surface area contributed by atoms with Crippen molar-refractivity contribution in [1.82, 2.24) is 25.3 Å². The van der Waals surface area contributed by atoms with Crippen LogP contribution in [0.5, 0.6) is 0 Å². The number of amides is 2. The van der Waals surface area contributed by atoms with E-state index in [0.29, 0.717) is 24.9 Å². The van der Waals surface area contributed by atoms with E-state index in [1.807, 2.05) is 4.90 Å². The summed E-state index contributed by atoms with van der Waals surface area (Å²) >= 11 is 0. The van der Waals surface area contributed by atoms with E-state index in [9.17, 15) is 4.79 Å². The van der Waals surface area contributed by atoms with E-state index in [0.717, 1.165) is 26.2 Å². The summed E-state index contributed by atoms with van der Waals surface area (Å²) in [5, 5.41) is 10.8. The van der Waals surface area contributed by atoms with Gasteiger partial charge in [-0.15, -0.1) is 10.2 Å². The van der Waals surface area contributed by atoms with Crippen LogP contribution in [0.3, 0.4) is 0 Å². The minimum atomic E-state index is 0.0261. The average Bonchev–Trinajstić information content (AvgIpc) is 2.81. The van der Waals surface area contributed by atoms with E-state index in [1.165, 1.54) is 0 Å². The summed E-state index contributed by atoms with van der Waals surface area (Å²) in [7, 11) is 0. The van der Waals surface area contributed by atoms with Crippen LogP contribution in [-0.2, 0) is 6.54 Å². The summed E-state index contributed by atoms with van der Waals surface area (Å²) in [6.07, 6.45) is 0. The highest BCUT2D eigenvalue weighted by atomic mass is 16.4. The van der Waals surface area contributed by atoms with Gasteiger partial charge in [-0.1, -0.05) is 20.8 Å². The predicted octanol–water partition coefficient (Wildman–Crippen LogP) is 1.25. The van der Waals surface area contributed by atoms with Crippen molar-refractivity contribution in [2.24, 2.45) is 5.41 Å². The van der Waals surface area contributed by atoms with Crippen molar-refractivity contribution in [2.45, 2.75) is 34.2 Å². The van der Waals surface area contributed by atoms with Crippen LogP contribution in [0.1, 0.15) is 32.6 Å². The van der Waals surface area contributed by atoms with Gasteiger partial charge in [0.2, 0.25) is 11.8 Å².